The van der Waals surface area contributed by atoms with Gasteiger partial charge in [-0.15, -0.1) is 0 Å². The Morgan fingerprint density at radius 1 is 0.743 bits per heavy atom. The number of halogens is 1. The highest BCUT2D eigenvalue weighted by atomic mass is 79.9. The van der Waals surface area contributed by atoms with Crippen molar-refractivity contribution in [3.63, 3.8) is 0 Å². The zero-order valence-corrected chi connectivity index (χ0v) is 22.3. The van der Waals surface area contributed by atoms with E-state index in [2.05, 4.69) is 30.9 Å². The summed E-state index contributed by atoms with van der Waals surface area (Å²) >= 11 is 2.99. The molecule has 35 heavy (non-hydrogen) atoms. The van der Waals surface area contributed by atoms with Gasteiger partial charge in [-0.25, -0.2) is 15.0 Å². The van der Waals surface area contributed by atoms with Gasteiger partial charge in [0.05, 0.1) is 15.5 Å². The first-order valence-corrected chi connectivity index (χ1v) is 11.0. The second-order valence-electron chi connectivity index (χ2n) is 7.74. The predicted octanol–water partition coefficient (Wildman–Crippen LogP) is 4.46. The maximum absolute atomic E-state index is 10.7. The van der Waals surface area contributed by atoms with Crippen molar-refractivity contribution >= 4 is 44.6 Å². The number of pyridine rings is 3. The molecule has 3 aromatic rings. The molecule has 188 valence electrons. The molecule has 0 atom stereocenters. The molecule has 0 aliphatic rings. The second-order valence-corrected chi connectivity index (χ2v) is 8.49. The molecule has 0 aromatic carbocycles. The molecule has 3 aromatic heterocycles. The molecule has 0 aliphatic heterocycles. The molecule has 13 heteroatoms. The van der Waals surface area contributed by atoms with Gasteiger partial charge >= 0.3 is 11.4 Å². The van der Waals surface area contributed by atoms with Crippen molar-refractivity contribution in [2.75, 3.05) is 43.7 Å². The first-order valence-electron chi connectivity index (χ1n) is 10.2. The number of nitrogens with zero attached hydrogens (tertiary/aromatic N) is 7. The zero-order valence-electron chi connectivity index (χ0n) is 20.7. The number of nitrogens with two attached hydrogens (primary N) is 1. The highest BCUT2D eigenvalue weighted by Gasteiger charge is 2.19. The minimum atomic E-state index is -0.452. The topological polar surface area (TPSA) is 157 Å². The summed E-state index contributed by atoms with van der Waals surface area (Å²) in [5.74, 6) is 1.23. The number of anilines is 3. The highest BCUT2D eigenvalue weighted by Crippen LogP contribution is 2.27. The van der Waals surface area contributed by atoms with Crippen LogP contribution in [-0.4, -0.2) is 53.0 Å². The number of aryl methyl sites for hydroxylation is 3. The van der Waals surface area contributed by atoms with Crippen LogP contribution >= 0.6 is 15.9 Å². The molecule has 0 saturated carbocycles. The van der Waals surface area contributed by atoms with Crippen molar-refractivity contribution in [2.45, 2.75) is 20.8 Å². The lowest BCUT2D eigenvalue weighted by molar-refractivity contribution is -0.386. The van der Waals surface area contributed by atoms with Crippen LogP contribution < -0.4 is 15.5 Å². The Morgan fingerprint density at radius 3 is 1.49 bits per heavy atom. The van der Waals surface area contributed by atoms with Crippen molar-refractivity contribution in [1.29, 1.82) is 0 Å². The van der Waals surface area contributed by atoms with E-state index in [4.69, 9.17) is 5.73 Å². The minimum Gasteiger partial charge on any atom is -0.396 e. The lowest BCUT2D eigenvalue weighted by Crippen LogP contribution is -2.13. The summed E-state index contributed by atoms with van der Waals surface area (Å²) in [6.07, 6.45) is 4.85. The molecule has 0 spiro atoms. The van der Waals surface area contributed by atoms with Gasteiger partial charge in [0.1, 0.15) is 0 Å². The van der Waals surface area contributed by atoms with E-state index in [-0.39, 0.29) is 16.0 Å². The molecular weight excluding hydrogens is 520 g/mol. The van der Waals surface area contributed by atoms with Crippen molar-refractivity contribution in [2.24, 2.45) is 0 Å². The van der Waals surface area contributed by atoms with Gasteiger partial charge in [-0.1, -0.05) is 0 Å². The lowest BCUT2D eigenvalue weighted by Gasteiger charge is -2.14. The maximum atomic E-state index is 10.7. The average Bonchev–Trinajstić information content (AvgIpc) is 2.75. The van der Waals surface area contributed by atoms with Gasteiger partial charge in [0.15, 0.2) is 10.4 Å². The van der Waals surface area contributed by atoms with Crippen LogP contribution in [-0.2, 0) is 0 Å². The van der Waals surface area contributed by atoms with Gasteiger partial charge in [0.25, 0.3) is 0 Å². The third kappa shape index (κ3) is 8.14. The maximum Gasteiger partial charge on any atom is 0.314 e. The fourth-order valence-electron chi connectivity index (χ4n) is 2.74. The van der Waals surface area contributed by atoms with E-state index in [0.717, 1.165) is 17.1 Å². The van der Waals surface area contributed by atoms with Crippen LogP contribution in [0.4, 0.5) is 28.7 Å². The average molecular weight is 549 g/mol. The summed E-state index contributed by atoms with van der Waals surface area (Å²) < 4.78 is 0.280. The van der Waals surface area contributed by atoms with Gasteiger partial charge in [-0.2, -0.15) is 0 Å². The first-order chi connectivity index (χ1) is 16.3. The summed E-state index contributed by atoms with van der Waals surface area (Å²) in [4.78, 5) is 35.6. The van der Waals surface area contributed by atoms with Gasteiger partial charge in [0.2, 0.25) is 5.82 Å². The molecule has 0 saturated heterocycles. The van der Waals surface area contributed by atoms with Crippen LogP contribution in [0.2, 0.25) is 0 Å². The Bertz CT molecular complexity index is 1170. The van der Waals surface area contributed by atoms with E-state index in [9.17, 15) is 20.2 Å². The number of rotatable bonds is 4. The molecule has 0 unspecified atom stereocenters. The normalized spacial score (nSPS) is 9.71. The zero-order chi connectivity index (χ0) is 26.9. The molecule has 0 aliphatic carbocycles. The van der Waals surface area contributed by atoms with E-state index in [0.29, 0.717) is 16.9 Å². The monoisotopic (exact) mass is 548 g/mol. The van der Waals surface area contributed by atoms with Crippen LogP contribution in [0, 0.1) is 41.0 Å². The van der Waals surface area contributed by atoms with E-state index >= 15 is 0 Å². The number of nitro groups is 2. The summed E-state index contributed by atoms with van der Waals surface area (Å²) in [7, 11) is 7.32. The van der Waals surface area contributed by atoms with Gasteiger partial charge < -0.3 is 15.5 Å². The fraction of sp³-hybridized carbons (Fsp3) is 0.318. The van der Waals surface area contributed by atoms with Crippen LogP contribution in [0.1, 0.15) is 16.7 Å². The largest absolute Gasteiger partial charge is 0.396 e. The quantitative estimate of drug-likeness (QED) is 0.280. The SMILES string of the molecule is Cc1ccnc(Br)c1[N+](=O)[O-].Cc1ccnc(N(C)C)c1N.Cc1ccnc(N(C)C)c1[N+](=O)[O-]. The molecule has 0 amide bonds. The fourth-order valence-corrected chi connectivity index (χ4v) is 3.31. The summed E-state index contributed by atoms with van der Waals surface area (Å²) in [6, 6.07) is 5.14. The number of nitrogen functional groups attached to an aromatic ring is 1. The second kappa shape index (κ2) is 13.1. The van der Waals surface area contributed by atoms with E-state index in [1.807, 2.05) is 32.0 Å². The first kappa shape index (κ1) is 29.2. The van der Waals surface area contributed by atoms with Gasteiger partial charge in [-0.05, 0) is 60.5 Å². The van der Waals surface area contributed by atoms with Crippen LogP contribution in [0.5, 0.6) is 0 Å². The van der Waals surface area contributed by atoms with E-state index < -0.39 is 9.85 Å². The molecule has 3 rings (SSSR count). The van der Waals surface area contributed by atoms with Gasteiger partial charge in [0, 0.05) is 57.9 Å². The van der Waals surface area contributed by atoms with Crippen molar-refractivity contribution in [3.05, 3.63) is 78.3 Å². The van der Waals surface area contributed by atoms with Crippen molar-refractivity contribution in [1.82, 2.24) is 15.0 Å². The van der Waals surface area contributed by atoms with E-state index in [1.54, 1.807) is 57.4 Å². The highest BCUT2D eigenvalue weighted by molar-refractivity contribution is 9.10. The molecule has 0 radical (unpaired) electrons. The number of aromatic nitrogens is 3. The standard InChI is InChI=1S/C8H11N3O2.C8H13N3.C6H5BrN2O2/c1-6-4-5-9-8(10(2)3)7(6)11(12)13;1-6-4-5-10-8(7(6)9)11(2)3;1-4-2-3-8-6(7)5(4)9(10)11/h4-5H,1-3H3;4-5H,9H2,1-3H3;2-3H,1H3. The predicted molar refractivity (Wildman–Crippen MR) is 141 cm³/mol. The van der Waals surface area contributed by atoms with Crippen LogP contribution in [0.25, 0.3) is 0 Å². The molecule has 0 bridgehead atoms. The third-order valence-electron chi connectivity index (χ3n) is 4.59. The molecule has 12 nitrogen and oxygen atoms in total. The molecule has 2 N–H and O–H groups in total. The number of hydrogen-bond acceptors (Lipinski definition) is 10. The Kier molecular flexibility index (Phi) is 10.9. The summed E-state index contributed by atoms with van der Waals surface area (Å²) in [5, 5.41) is 21.1. The van der Waals surface area contributed by atoms with Crippen molar-refractivity contribution in [3.8, 4) is 0 Å². The number of hydrogen-bond donors (Lipinski definition) is 1. The molecule has 3 heterocycles. The molecule has 0 fully saturated rings. The summed E-state index contributed by atoms with van der Waals surface area (Å²) in [5.41, 5.74) is 8.96. The van der Waals surface area contributed by atoms with E-state index in [1.165, 1.54) is 6.20 Å². The van der Waals surface area contributed by atoms with Crippen LogP contribution in [0.15, 0.2) is 41.4 Å². The van der Waals surface area contributed by atoms with Gasteiger partial charge in [-0.3, -0.25) is 20.2 Å². The Hall–Kier alpha value is -3.87. The third-order valence-corrected chi connectivity index (χ3v) is 5.17. The smallest absolute Gasteiger partial charge is 0.314 e. The molecular formula is C22H29BrN8O4. The van der Waals surface area contributed by atoms with Crippen LogP contribution in [0.3, 0.4) is 0 Å². The lowest BCUT2D eigenvalue weighted by atomic mass is 10.2. The Balaban J connectivity index is 0.000000264. The Labute approximate surface area is 212 Å². The van der Waals surface area contributed by atoms with Crippen molar-refractivity contribution < 1.29 is 9.85 Å². The summed E-state index contributed by atoms with van der Waals surface area (Å²) in [6.45, 7) is 5.35. The Morgan fingerprint density at radius 2 is 1.14 bits per heavy atom. The minimum absolute atomic E-state index is 0.0347.